The normalized spacial score (nSPS) is 6.86. The second kappa shape index (κ2) is 15.7. The Kier molecular flexibility index (Phi) is 25.8. The third kappa shape index (κ3) is 33.8. The van der Waals surface area contributed by atoms with Crippen LogP contribution in [0.5, 0.6) is 0 Å². The quantitative estimate of drug-likeness (QED) is 0.646. The molecule has 0 saturated heterocycles. The van der Waals surface area contributed by atoms with E-state index in [0.29, 0.717) is 0 Å². The molecule has 0 aromatic rings. The first-order valence-corrected chi connectivity index (χ1v) is 15.1. The molecule has 0 heterocycles. The third-order valence-electron chi connectivity index (χ3n) is 0.500. The molecule has 0 aliphatic heterocycles. The number of hydrogen-bond acceptors (Lipinski definition) is 0. The first kappa shape index (κ1) is 11.5. The van der Waals surface area contributed by atoms with E-state index in [-0.39, 0.29) is 16.7 Å². The summed E-state index contributed by atoms with van der Waals surface area (Å²) >= 11 is 6.32. The molecule has 0 aliphatic rings. The first-order valence-electron chi connectivity index (χ1n) is 2.29. The molecule has 0 aliphatic carbocycles. The molecule has 0 amide bonds. The van der Waals surface area contributed by atoms with E-state index in [1.165, 1.54) is 12.8 Å². The zero-order valence-electron chi connectivity index (χ0n) is 4.67. The van der Waals surface area contributed by atoms with E-state index >= 15 is 0 Å². The zero-order valence-corrected chi connectivity index (χ0v) is 10.7. The Bertz CT molecular complexity index is 17.2. The average molecular weight is 337 g/mol. The van der Waals surface area contributed by atoms with Gasteiger partial charge in [-0.15, -0.1) is 0 Å². The second-order valence-electron chi connectivity index (χ2n) is 1.07. The topological polar surface area (TPSA) is 0 Å². The van der Waals surface area contributed by atoms with Crippen molar-refractivity contribution in [3.05, 3.63) is 0 Å². The molecule has 0 aromatic carbocycles. The molecule has 0 bridgehead atoms. The summed E-state index contributed by atoms with van der Waals surface area (Å²) in [5.41, 5.74) is 0. The number of rotatable bonds is 1. The van der Waals surface area contributed by atoms with Crippen LogP contribution in [0.15, 0.2) is 0 Å². The molecule has 0 saturated carbocycles. The molecule has 2 radical (unpaired) electrons. The van der Waals surface area contributed by atoms with Crippen LogP contribution in [0, 0.1) is 0 Å². The van der Waals surface area contributed by atoms with Gasteiger partial charge in [-0.05, 0) is 0 Å². The fourth-order valence-corrected chi connectivity index (χ4v) is 0. The summed E-state index contributed by atoms with van der Waals surface area (Å²) in [6, 6.07) is 0. The van der Waals surface area contributed by atoms with Crippen molar-refractivity contribution in [1.82, 2.24) is 0 Å². The van der Waals surface area contributed by atoms with Crippen LogP contribution in [0.1, 0.15) is 26.7 Å². The summed E-state index contributed by atoms with van der Waals surface area (Å²) in [6.07, 6.45) is 2.64. The molecule has 0 nitrogen and oxygen atoms in total. The van der Waals surface area contributed by atoms with Crippen molar-refractivity contribution >= 4 is 42.1 Å². The van der Waals surface area contributed by atoms with E-state index in [0.717, 1.165) is 0 Å². The van der Waals surface area contributed by atoms with E-state index in [9.17, 15) is 0 Å². The van der Waals surface area contributed by atoms with Crippen LogP contribution < -0.4 is 0 Å². The van der Waals surface area contributed by atoms with Crippen LogP contribution >= 0.6 is 25.4 Å². The van der Waals surface area contributed by atoms with E-state index in [4.69, 9.17) is 0 Å². The molecular formula is C4H10Br2Sn. The summed E-state index contributed by atoms with van der Waals surface area (Å²) in [7, 11) is 0. The maximum absolute atomic E-state index is 3.23. The van der Waals surface area contributed by atoms with E-state index in [2.05, 4.69) is 39.3 Å². The Morgan fingerprint density at radius 3 is 1.29 bits per heavy atom. The van der Waals surface area contributed by atoms with Crippen molar-refractivity contribution < 1.29 is 0 Å². The van der Waals surface area contributed by atoms with Gasteiger partial charge < -0.3 is 0 Å². The van der Waals surface area contributed by atoms with Gasteiger partial charge in [-0.2, -0.15) is 0 Å². The summed E-state index contributed by atoms with van der Waals surface area (Å²) < 4.78 is 0. The molecule has 0 unspecified atom stereocenters. The Labute approximate surface area is 68.2 Å². The molecule has 0 rings (SSSR count). The van der Waals surface area contributed by atoms with Gasteiger partial charge in [-0.1, -0.05) is 26.7 Å². The van der Waals surface area contributed by atoms with Crippen LogP contribution in [0.3, 0.4) is 0 Å². The maximum atomic E-state index is 3.23. The van der Waals surface area contributed by atoms with Crippen LogP contribution in [-0.2, 0) is 0 Å². The number of halogens is 2. The van der Waals surface area contributed by atoms with E-state index in [1.54, 1.807) is 0 Å². The number of unbranched alkanes of at least 4 members (excludes halogenated alkanes) is 1. The predicted molar refractivity (Wildman–Crippen MR) is 44.2 cm³/mol. The molecule has 7 heavy (non-hydrogen) atoms. The van der Waals surface area contributed by atoms with Crippen molar-refractivity contribution in [1.29, 1.82) is 0 Å². The molecule has 0 atom stereocenters. The van der Waals surface area contributed by atoms with Gasteiger partial charge in [0, 0.05) is 0 Å². The van der Waals surface area contributed by atoms with Gasteiger partial charge in [0.25, 0.3) is 0 Å². The van der Waals surface area contributed by atoms with Crippen molar-refractivity contribution in [2.75, 3.05) is 0 Å². The van der Waals surface area contributed by atoms with Gasteiger partial charge in [0.1, 0.15) is 0 Å². The molecule has 0 spiro atoms. The minimum absolute atomic E-state index is 0.145. The van der Waals surface area contributed by atoms with Crippen LogP contribution in [0.4, 0.5) is 0 Å². The SMILES string of the molecule is CCCC.[Br][Sn][Br]. The van der Waals surface area contributed by atoms with Crippen molar-refractivity contribution in [2.45, 2.75) is 26.7 Å². The molecule has 0 N–H and O–H groups in total. The van der Waals surface area contributed by atoms with Gasteiger partial charge in [0.2, 0.25) is 0 Å². The second-order valence-corrected chi connectivity index (χ2v) is 13.9. The van der Waals surface area contributed by atoms with E-state index in [1.807, 2.05) is 0 Å². The number of hydrogen-bond donors (Lipinski definition) is 0. The molecule has 3 heteroatoms. The molecular weight excluding hydrogens is 327 g/mol. The minimum atomic E-state index is -0.145. The van der Waals surface area contributed by atoms with Crippen molar-refractivity contribution in [3.63, 3.8) is 0 Å². The van der Waals surface area contributed by atoms with Crippen LogP contribution in [0.25, 0.3) is 0 Å². The first-order chi connectivity index (χ1) is 3.33. The fraction of sp³-hybridized carbons (Fsp3) is 1.00. The fourth-order valence-electron chi connectivity index (χ4n) is 0. The Balaban J connectivity index is 0. The third-order valence-corrected chi connectivity index (χ3v) is 0.500. The van der Waals surface area contributed by atoms with Crippen molar-refractivity contribution in [2.24, 2.45) is 0 Å². The van der Waals surface area contributed by atoms with Gasteiger partial charge in [0.15, 0.2) is 0 Å². The Hall–Kier alpha value is 1.76. The van der Waals surface area contributed by atoms with Crippen molar-refractivity contribution in [3.8, 4) is 0 Å². The standard InChI is InChI=1S/C4H10.2BrH.Sn/c1-3-4-2;;;/h3-4H2,1-2H3;2*1H;/q;;;+2/p-2. The van der Waals surface area contributed by atoms with Gasteiger partial charge in [-0.3, -0.25) is 0 Å². The average Bonchev–Trinajstić information content (AvgIpc) is 1.69. The summed E-state index contributed by atoms with van der Waals surface area (Å²) in [6.45, 7) is 4.36. The summed E-state index contributed by atoms with van der Waals surface area (Å²) in [5, 5.41) is 0. The zero-order chi connectivity index (χ0) is 6.12. The molecule has 0 aromatic heterocycles. The van der Waals surface area contributed by atoms with Gasteiger partial charge in [0.05, 0.1) is 0 Å². The van der Waals surface area contributed by atoms with Gasteiger partial charge >= 0.3 is 42.1 Å². The van der Waals surface area contributed by atoms with Crippen LogP contribution in [-0.4, -0.2) is 16.7 Å². The Morgan fingerprint density at radius 2 is 1.29 bits per heavy atom. The summed E-state index contributed by atoms with van der Waals surface area (Å²) in [5.74, 6) is 0. The molecule has 0 fully saturated rings. The van der Waals surface area contributed by atoms with Gasteiger partial charge in [-0.25, -0.2) is 0 Å². The monoisotopic (exact) mass is 336 g/mol. The van der Waals surface area contributed by atoms with E-state index < -0.39 is 0 Å². The Morgan fingerprint density at radius 1 is 1.14 bits per heavy atom. The predicted octanol–water partition coefficient (Wildman–Crippen LogP) is 3.12. The summed E-state index contributed by atoms with van der Waals surface area (Å²) in [4.78, 5) is 0. The molecule has 44 valence electrons. The van der Waals surface area contributed by atoms with Crippen LogP contribution in [0.2, 0.25) is 0 Å².